The maximum Gasteiger partial charge on any atom is 0.140 e. The normalized spacial score (nSPS) is 12.8. The summed E-state index contributed by atoms with van der Waals surface area (Å²) in [4.78, 5) is 0. The summed E-state index contributed by atoms with van der Waals surface area (Å²) in [7, 11) is 0. The topological polar surface area (TPSA) is 0 Å². The fourth-order valence-electron chi connectivity index (χ4n) is 2.97. The lowest BCUT2D eigenvalue weighted by molar-refractivity contribution is 1.53. The lowest BCUT2D eigenvalue weighted by Crippen LogP contribution is -2.29. The summed E-state index contributed by atoms with van der Waals surface area (Å²) >= 11 is 4.12. The first-order valence-corrected chi connectivity index (χ1v) is 13.8. The van der Waals surface area contributed by atoms with E-state index in [9.17, 15) is 0 Å². The van der Waals surface area contributed by atoms with Crippen molar-refractivity contribution in [2.45, 2.75) is 6.92 Å². The van der Waals surface area contributed by atoms with Gasteiger partial charge in [-0.15, -0.1) is 0 Å². The number of halogens is 1. The van der Waals surface area contributed by atoms with Crippen molar-refractivity contribution < 1.29 is 0 Å². The second kappa shape index (κ2) is 7.71. The summed E-state index contributed by atoms with van der Waals surface area (Å²) in [6.45, 7) is 0.633. The van der Waals surface area contributed by atoms with Gasteiger partial charge in [-0.3, -0.25) is 0 Å². The maximum absolute atomic E-state index is 4.12. The Morgan fingerprint density at radius 2 is 0.957 bits per heavy atom. The van der Waals surface area contributed by atoms with Crippen LogP contribution in [0.5, 0.6) is 0 Å². The van der Waals surface area contributed by atoms with Gasteiger partial charge in [-0.1, -0.05) is 61.5 Å². The summed E-state index contributed by atoms with van der Waals surface area (Å²) < 4.78 is 0. The average molecular weight is 402 g/mol. The van der Waals surface area contributed by atoms with E-state index < -0.39 is 6.95 Å². The van der Waals surface area contributed by atoms with Gasteiger partial charge in [0, 0.05) is 6.16 Å². The minimum atomic E-state index is -1.66. The SMILES string of the molecule is CCP(Br)[P+](c1ccccc1)(c1ccccc1)c1ccccc1. The predicted octanol–water partition coefficient (Wildman–Crippen LogP) is 5.71. The van der Waals surface area contributed by atoms with Crippen LogP contribution in [0.25, 0.3) is 0 Å². The van der Waals surface area contributed by atoms with Crippen molar-refractivity contribution in [2.75, 3.05) is 6.16 Å². The highest BCUT2D eigenvalue weighted by molar-refractivity contribution is 9.46. The molecule has 0 spiro atoms. The second-order valence-electron chi connectivity index (χ2n) is 5.29. The Balaban J connectivity index is 2.35. The Kier molecular flexibility index (Phi) is 5.65. The van der Waals surface area contributed by atoms with Crippen LogP contribution in [-0.4, -0.2) is 6.16 Å². The molecule has 116 valence electrons. The molecule has 1 unspecified atom stereocenters. The highest BCUT2D eigenvalue weighted by Crippen LogP contribution is 2.84. The van der Waals surface area contributed by atoms with Crippen molar-refractivity contribution in [3.63, 3.8) is 0 Å². The summed E-state index contributed by atoms with van der Waals surface area (Å²) in [6, 6.07) is 33.2. The molecule has 0 saturated carbocycles. The van der Waals surface area contributed by atoms with Crippen LogP contribution in [0.3, 0.4) is 0 Å². The van der Waals surface area contributed by atoms with Gasteiger partial charge in [0.15, 0.2) is 0 Å². The third-order valence-corrected chi connectivity index (χ3v) is 19.0. The first kappa shape index (κ1) is 16.8. The molecule has 0 bridgehead atoms. The van der Waals surface area contributed by atoms with Crippen LogP contribution < -0.4 is 15.9 Å². The van der Waals surface area contributed by atoms with E-state index in [1.807, 2.05) is 0 Å². The molecular weight excluding hydrogens is 382 g/mol. The van der Waals surface area contributed by atoms with Gasteiger partial charge in [-0.2, -0.15) is 0 Å². The largest absolute Gasteiger partial charge is 0.140 e. The van der Waals surface area contributed by atoms with Gasteiger partial charge < -0.3 is 0 Å². The third-order valence-electron chi connectivity index (χ3n) is 3.98. The zero-order valence-corrected chi connectivity index (χ0v) is 16.5. The van der Waals surface area contributed by atoms with E-state index in [0.717, 1.165) is 6.16 Å². The zero-order valence-electron chi connectivity index (χ0n) is 13.1. The molecule has 0 nitrogen and oxygen atoms in total. The number of benzene rings is 3. The van der Waals surface area contributed by atoms with Crippen molar-refractivity contribution >= 4 is 44.7 Å². The van der Waals surface area contributed by atoms with Crippen molar-refractivity contribution in [2.24, 2.45) is 0 Å². The highest BCUT2D eigenvalue weighted by atomic mass is 79.9. The van der Waals surface area contributed by atoms with Gasteiger partial charge in [-0.25, -0.2) is 0 Å². The molecule has 0 aliphatic rings. The van der Waals surface area contributed by atoms with Gasteiger partial charge in [0.05, 0.1) is 0 Å². The molecule has 0 aliphatic carbocycles. The molecule has 0 fully saturated rings. The van der Waals surface area contributed by atoms with Crippen LogP contribution in [0.15, 0.2) is 91.0 Å². The average Bonchev–Trinajstić information content (AvgIpc) is 2.65. The molecule has 0 N–H and O–H groups in total. The fourth-order valence-corrected chi connectivity index (χ4v) is 16.5. The number of hydrogen-bond donors (Lipinski definition) is 0. The minimum Gasteiger partial charge on any atom is -0.0620 e. The van der Waals surface area contributed by atoms with Crippen LogP contribution in [0.1, 0.15) is 6.92 Å². The van der Waals surface area contributed by atoms with E-state index >= 15 is 0 Å². The molecule has 3 aromatic carbocycles. The van der Waals surface area contributed by atoms with E-state index in [1.54, 1.807) is 0 Å². The van der Waals surface area contributed by atoms with E-state index in [1.165, 1.54) is 15.9 Å². The van der Waals surface area contributed by atoms with Gasteiger partial charge in [0.2, 0.25) is 0 Å². The summed E-state index contributed by atoms with van der Waals surface area (Å²) in [5.41, 5.74) is 0. The van der Waals surface area contributed by atoms with Crippen LogP contribution >= 0.6 is 28.8 Å². The molecule has 1 atom stereocenters. The summed E-state index contributed by atoms with van der Waals surface area (Å²) in [6.07, 6.45) is 0.823. The van der Waals surface area contributed by atoms with Crippen molar-refractivity contribution in [3.8, 4) is 0 Å². The standard InChI is InChI=1S/C20H20BrP2/c1-2-22(21)23(18-12-6-3-7-13-18,19-14-8-4-9-15-19)20-16-10-5-11-17-20/h3-17H,2H2,1H3/q+1. The van der Waals surface area contributed by atoms with E-state index in [4.69, 9.17) is 0 Å². The zero-order chi connectivity index (χ0) is 16.1. The van der Waals surface area contributed by atoms with E-state index in [0.29, 0.717) is 0 Å². The second-order valence-corrected chi connectivity index (χ2v) is 16.9. The van der Waals surface area contributed by atoms with Crippen molar-refractivity contribution in [1.82, 2.24) is 0 Å². The Bertz CT molecular complexity index is 633. The third kappa shape index (κ3) is 3.16. The molecule has 3 rings (SSSR count). The van der Waals surface area contributed by atoms with E-state index in [2.05, 4.69) is 113 Å². The molecule has 3 heteroatoms. The summed E-state index contributed by atoms with van der Waals surface area (Å²) in [5.74, 6) is 0. The fraction of sp³-hybridized carbons (Fsp3) is 0.100. The first-order valence-electron chi connectivity index (χ1n) is 7.80. The monoisotopic (exact) mass is 401 g/mol. The molecule has 0 heterocycles. The Labute approximate surface area is 148 Å². The first-order chi connectivity index (χ1) is 11.3. The minimum absolute atomic E-state index is 0.331. The smallest absolute Gasteiger partial charge is 0.0620 e. The molecule has 0 amide bonds. The van der Waals surface area contributed by atoms with Gasteiger partial charge in [0.1, 0.15) is 29.2 Å². The lowest BCUT2D eigenvalue weighted by Gasteiger charge is -2.30. The Morgan fingerprint density at radius 3 is 1.22 bits per heavy atom. The van der Waals surface area contributed by atoms with Gasteiger partial charge >= 0.3 is 0 Å². The number of hydrogen-bond acceptors (Lipinski definition) is 0. The molecule has 0 radical (unpaired) electrons. The molecule has 3 aromatic rings. The Hall–Kier alpha value is -1.00. The number of rotatable bonds is 5. The van der Waals surface area contributed by atoms with Crippen molar-refractivity contribution in [1.29, 1.82) is 0 Å². The molecular formula is C20H20BrP2+. The van der Waals surface area contributed by atoms with Crippen LogP contribution in [-0.2, 0) is 0 Å². The van der Waals surface area contributed by atoms with Crippen LogP contribution in [0.2, 0.25) is 0 Å². The van der Waals surface area contributed by atoms with Gasteiger partial charge in [-0.05, 0) is 51.9 Å². The van der Waals surface area contributed by atoms with Crippen LogP contribution in [0, 0.1) is 0 Å². The van der Waals surface area contributed by atoms with Crippen LogP contribution in [0.4, 0.5) is 0 Å². The highest BCUT2D eigenvalue weighted by Gasteiger charge is 2.51. The molecule has 0 aromatic heterocycles. The predicted molar refractivity (Wildman–Crippen MR) is 112 cm³/mol. The quantitative estimate of drug-likeness (QED) is 0.480. The maximum atomic E-state index is 4.12. The molecule has 0 saturated heterocycles. The summed E-state index contributed by atoms with van der Waals surface area (Å²) in [5, 5.41) is 4.38. The Morgan fingerprint density at radius 1 is 0.652 bits per heavy atom. The van der Waals surface area contributed by atoms with E-state index in [-0.39, 0.29) is 6.31 Å². The molecule has 0 aliphatic heterocycles. The van der Waals surface area contributed by atoms with Crippen molar-refractivity contribution in [3.05, 3.63) is 91.0 Å². The molecule has 23 heavy (non-hydrogen) atoms. The van der Waals surface area contributed by atoms with Gasteiger partial charge in [0.25, 0.3) is 0 Å². The lowest BCUT2D eigenvalue weighted by atomic mass is 10.4.